The summed E-state index contributed by atoms with van der Waals surface area (Å²) in [6.45, 7) is 2.15. The monoisotopic (exact) mass is 236 g/mol. The summed E-state index contributed by atoms with van der Waals surface area (Å²) >= 11 is 0. The van der Waals surface area contributed by atoms with E-state index >= 15 is 0 Å². The normalized spacial score (nSPS) is 10.7. The molecule has 2 aromatic rings. The fourth-order valence-corrected chi connectivity index (χ4v) is 1.79. The van der Waals surface area contributed by atoms with Crippen molar-refractivity contribution >= 4 is 18.4 Å². The zero-order chi connectivity index (χ0) is 12.8. The van der Waals surface area contributed by atoms with Crippen molar-refractivity contribution in [1.82, 2.24) is 0 Å². The van der Waals surface area contributed by atoms with E-state index in [4.69, 9.17) is 0 Å². The number of aryl methyl sites for hydroxylation is 1. The van der Waals surface area contributed by atoms with E-state index in [1.165, 1.54) is 11.1 Å². The van der Waals surface area contributed by atoms with E-state index in [1.807, 2.05) is 24.3 Å². The van der Waals surface area contributed by atoms with Crippen molar-refractivity contribution in [3.8, 4) is 0 Å². The fraction of sp³-hybridized carbons (Fsp3) is 0.118. The van der Waals surface area contributed by atoms with Gasteiger partial charge in [0.2, 0.25) is 0 Å². The average Bonchev–Trinajstić information content (AvgIpc) is 2.46. The molecule has 0 radical (unpaired) electrons. The highest BCUT2D eigenvalue weighted by molar-refractivity contribution is 5.78. The standard InChI is InChI=1S/C17H16O/c1-2-14-6-8-15(9-7-14)10-11-16-4-3-5-17(12-16)13-18/h3-13H,2H2,1H3. The van der Waals surface area contributed by atoms with Gasteiger partial charge >= 0.3 is 0 Å². The van der Waals surface area contributed by atoms with E-state index in [9.17, 15) is 4.79 Å². The molecule has 2 aromatic carbocycles. The lowest BCUT2D eigenvalue weighted by molar-refractivity contribution is 0.112. The van der Waals surface area contributed by atoms with Gasteiger partial charge in [0.05, 0.1) is 0 Å². The third-order valence-electron chi connectivity index (χ3n) is 2.90. The van der Waals surface area contributed by atoms with Gasteiger partial charge in [-0.05, 0) is 29.2 Å². The third kappa shape index (κ3) is 3.17. The number of benzene rings is 2. The minimum absolute atomic E-state index is 0.707. The number of carbonyl (C=O) groups is 1. The van der Waals surface area contributed by atoms with Crippen LogP contribution in [0.25, 0.3) is 12.2 Å². The highest BCUT2D eigenvalue weighted by atomic mass is 16.1. The second-order valence-electron chi connectivity index (χ2n) is 4.22. The Morgan fingerprint density at radius 3 is 2.22 bits per heavy atom. The van der Waals surface area contributed by atoms with Crippen LogP contribution in [0.5, 0.6) is 0 Å². The third-order valence-corrected chi connectivity index (χ3v) is 2.90. The van der Waals surface area contributed by atoms with Crippen molar-refractivity contribution in [1.29, 1.82) is 0 Å². The van der Waals surface area contributed by atoms with Gasteiger partial charge in [0.1, 0.15) is 6.29 Å². The molecule has 0 saturated heterocycles. The van der Waals surface area contributed by atoms with Crippen LogP contribution in [0.3, 0.4) is 0 Å². The Hall–Kier alpha value is -2.15. The number of carbonyl (C=O) groups excluding carboxylic acids is 1. The van der Waals surface area contributed by atoms with Crippen LogP contribution in [0, 0.1) is 0 Å². The van der Waals surface area contributed by atoms with Crippen LogP contribution in [0.15, 0.2) is 48.5 Å². The Labute approximate surface area is 108 Å². The molecule has 0 saturated carbocycles. The molecule has 0 atom stereocenters. The minimum Gasteiger partial charge on any atom is -0.298 e. The highest BCUT2D eigenvalue weighted by Gasteiger charge is 1.92. The summed E-state index contributed by atoms with van der Waals surface area (Å²) in [4.78, 5) is 10.7. The molecule has 18 heavy (non-hydrogen) atoms. The smallest absolute Gasteiger partial charge is 0.150 e. The lowest BCUT2D eigenvalue weighted by Crippen LogP contribution is -1.81. The summed E-state index contributed by atoms with van der Waals surface area (Å²) in [5.74, 6) is 0. The Kier molecular flexibility index (Phi) is 4.08. The summed E-state index contributed by atoms with van der Waals surface area (Å²) in [6, 6.07) is 16.1. The molecule has 0 aliphatic rings. The van der Waals surface area contributed by atoms with Gasteiger partial charge in [-0.2, -0.15) is 0 Å². The summed E-state index contributed by atoms with van der Waals surface area (Å²) in [7, 11) is 0. The van der Waals surface area contributed by atoms with Gasteiger partial charge in [0.25, 0.3) is 0 Å². The van der Waals surface area contributed by atoms with Gasteiger partial charge in [0.15, 0.2) is 0 Å². The molecule has 0 aromatic heterocycles. The maximum absolute atomic E-state index is 10.7. The van der Waals surface area contributed by atoms with E-state index in [-0.39, 0.29) is 0 Å². The minimum atomic E-state index is 0.707. The average molecular weight is 236 g/mol. The molecule has 0 aliphatic carbocycles. The summed E-state index contributed by atoms with van der Waals surface area (Å²) < 4.78 is 0. The lowest BCUT2D eigenvalue weighted by atomic mass is 10.1. The first-order chi connectivity index (χ1) is 8.81. The van der Waals surface area contributed by atoms with Crippen molar-refractivity contribution in [2.24, 2.45) is 0 Å². The Morgan fingerprint density at radius 1 is 0.889 bits per heavy atom. The summed E-state index contributed by atoms with van der Waals surface area (Å²) in [5, 5.41) is 0. The second-order valence-corrected chi connectivity index (χ2v) is 4.22. The lowest BCUT2D eigenvalue weighted by Gasteiger charge is -1.98. The van der Waals surface area contributed by atoms with Gasteiger partial charge in [-0.15, -0.1) is 0 Å². The van der Waals surface area contributed by atoms with Crippen LogP contribution >= 0.6 is 0 Å². The molecule has 1 nitrogen and oxygen atoms in total. The van der Waals surface area contributed by atoms with Crippen LogP contribution in [0.1, 0.15) is 34.0 Å². The van der Waals surface area contributed by atoms with E-state index in [0.29, 0.717) is 5.56 Å². The molecule has 0 aliphatic heterocycles. The highest BCUT2D eigenvalue weighted by Crippen LogP contribution is 2.11. The molecule has 0 unspecified atom stereocenters. The predicted octanol–water partition coefficient (Wildman–Crippen LogP) is 4.23. The Bertz CT molecular complexity index is 550. The van der Waals surface area contributed by atoms with Crippen molar-refractivity contribution in [3.63, 3.8) is 0 Å². The molecule has 2 rings (SSSR count). The molecule has 0 N–H and O–H groups in total. The van der Waals surface area contributed by atoms with Crippen LogP contribution in [-0.4, -0.2) is 6.29 Å². The van der Waals surface area contributed by atoms with Crippen LogP contribution in [0.2, 0.25) is 0 Å². The maximum atomic E-state index is 10.7. The number of hydrogen-bond acceptors (Lipinski definition) is 1. The summed E-state index contributed by atoms with van der Waals surface area (Å²) in [5.41, 5.74) is 4.26. The van der Waals surface area contributed by atoms with E-state index in [2.05, 4.69) is 37.3 Å². The van der Waals surface area contributed by atoms with Crippen LogP contribution < -0.4 is 0 Å². The molecular formula is C17H16O. The van der Waals surface area contributed by atoms with Crippen molar-refractivity contribution in [2.45, 2.75) is 13.3 Å². The maximum Gasteiger partial charge on any atom is 0.150 e. The first-order valence-electron chi connectivity index (χ1n) is 6.14. The number of aldehydes is 1. The van der Waals surface area contributed by atoms with E-state index in [1.54, 1.807) is 6.07 Å². The molecular weight excluding hydrogens is 220 g/mol. The largest absolute Gasteiger partial charge is 0.298 e. The quantitative estimate of drug-likeness (QED) is 0.573. The molecule has 0 heterocycles. The topological polar surface area (TPSA) is 17.1 Å². The number of rotatable bonds is 4. The first-order valence-corrected chi connectivity index (χ1v) is 6.14. The predicted molar refractivity (Wildman–Crippen MR) is 76.6 cm³/mol. The van der Waals surface area contributed by atoms with Crippen molar-refractivity contribution in [3.05, 3.63) is 70.8 Å². The first kappa shape index (κ1) is 12.3. The van der Waals surface area contributed by atoms with Gasteiger partial charge in [0, 0.05) is 5.56 Å². The molecule has 0 amide bonds. The molecule has 90 valence electrons. The fourth-order valence-electron chi connectivity index (χ4n) is 1.79. The Balaban J connectivity index is 2.15. The molecule has 0 bridgehead atoms. The second kappa shape index (κ2) is 5.97. The molecule has 0 fully saturated rings. The van der Waals surface area contributed by atoms with Gasteiger partial charge in [-0.3, -0.25) is 4.79 Å². The zero-order valence-corrected chi connectivity index (χ0v) is 10.5. The SMILES string of the molecule is CCc1ccc(C=Cc2cccc(C=O)c2)cc1. The molecule has 0 spiro atoms. The molecule has 1 heteroatoms. The number of hydrogen-bond donors (Lipinski definition) is 0. The van der Waals surface area contributed by atoms with Gasteiger partial charge in [-0.1, -0.05) is 61.5 Å². The van der Waals surface area contributed by atoms with Crippen LogP contribution in [0.4, 0.5) is 0 Å². The van der Waals surface area contributed by atoms with E-state index in [0.717, 1.165) is 18.3 Å². The Morgan fingerprint density at radius 2 is 1.56 bits per heavy atom. The van der Waals surface area contributed by atoms with E-state index < -0.39 is 0 Å². The zero-order valence-electron chi connectivity index (χ0n) is 10.5. The van der Waals surface area contributed by atoms with Crippen molar-refractivity contribution in [2.75, 3.05) is 0 Å². The van der Waals surface area contributed by atoms with Crippen molar-refractivity contribution < 1.29 is 4.79 Å². The summed E-state index contributed by atoms with van der Waals surface area (Å²) in [6.07, 6.45) is 6.01. The van der Waals surface area contributed by atoms with Gasteiger partial charge in [-0.25, -0.2) is 0 Å². The van der Waals surface area contributed by atoms with Gasteiger partial charge < -0.3 is 0 Å². The van der Waals surface area contributed by atoms with Crippen LogP contribution in [-0.2, 0) is 6.42 Å².